The Hall–Kier alpha value is -1.87. The number of hydrogen-bond acceptors (Lipinski definition) is 3. The van der Waals surface area contributed by atoms with E-state index in [1.807, 2.05) is 6.07 Å². The fourth-order valence-electron chi connectivity index (χ4n) is 2.03. The number of fused-ring (bicyclic) bond motifs is 1. The van der Waals surface area contributed by atoms with Gasteiger partial charge in [0.2, 0.25) is 0 Å². The number of carbonyl (C=O) groups excluding carboxylic acids is 1. The number of hydrogen-bond donors (Lipinski definition) is 2. The number of aliphatic hydroxyl groups excluding tert-OH is 2. The summed E-state index contributed by atoms with van der Waals surface area (Å²) in [5.74, 6) is -0.653. The van der Waals surface area contributed by atoms with Crippen molar-refractivity contribution in [1.29, 1.82) is 0 Å². The Balaban J connectivity index is 2.74. The maximum absolute atomic E-state index is 11.8. The van der Waals surface area contributed by atoms with Crippen molar-refractivity contribution in [3.05, 3.63) is 53.3 Å². The first kappa shape index (κ1) is 10.6. The summed E-state index contributed by atoms with van der Waals surface area (Å²) in [6.45, 7) is 5.13. The van der Waals surface area contributed by atoms with E-state index in [4.69, 9.17) is 0 Å². The summed E-state index contributed by atoms with van der Waals surface area (Å²) in [6.07, 6.45) is -1.31. The van der Waals surface area contributed by atoms with Crippen LogP contribution in [0.25, 0.3) is 5.57 Å². The van der Waals surface area contributed by atoms with E-state index in [1.165, 1.54) is 0 Å². The lowest BCUT2D eigenvalue weighted by Gasteiger charge is -2.24. The van der Waals surface area contributed by atoms with Gasteiger partial charge in [-0.05, 0) is 18.1 Å². The second-order valence-electron chi connectivity index (χ2n) is 3.80. The number of Topliss-reactive ketones (excluding diaryl/α,β-unsaturated/α-hetero) is 1. The molecule has 0 aromatic heterocycles. The molecular weight excluding hydrogens is 204 g/mol. The predicted octanol–water partition coefficient (Wildman–Crippen LogP) is 2.09. The van der Waals surface area contributed by atoms with E-state index in [2.05, 4.69) is 6.58 Å². The first-order valence-corrected chi connectivity index (χ1v) is 4.94. The molecule has 1 aliphatic carbocycles. The molecule has 0 bridgehead atoms. The van der Waals surface area contributed by atoms with Crippen LogP contribution in [0.4, 0.5) is 0 Å². The summed E-state index contributed by atoms with van der Waals surface area (Å²) in [4.78, 5) is 11.8. The molecule has 3 heteroatoms. The summed E-state index contributed by atoms with van der Waals surface area (Å²) in [5.41, 5.74) is 2.12. The third-order valence-electron chi connectivity index (χ3n) is 2.83. The molecule has 16 heavy (non-hydrogen) atoms. The molecule has 2 N–H and O–H groups in total. The number of rotatable bonds is 1. The standard InChI is InChI=1S/C13H12O3/c1-7-9-5-3-4-6-10(9)12(15)13(16)11(7)8(2)14/h3-6,13-14,16H,2H2,1H3. The Morgan fingerprint density at radius 3 is 2.44 bits per heavy atom. The van der Waals surface area contributed by atoms with Crippen molar-refractivity contribution in [2.75, 3.05) is 0 Å². The molecule has 0 amide bonds. The summed E-state index contributed by atoms with van der Waals surface area (Å²) in [5, 5.41) is 19.2. The lowest BCUT2D eigenvalue weighted by Crippen LogP contribution is -2.29. The van der Waals surface area contributed by atoms with Crippen molar-refractivity contribution in [2.45, 2.75) is 13.0 Å². The second kappa shape index (κ2) is 3.61. The monoisotopic (exact) mass is 216 g/mol. The van der Waals surface area contributed by atoms with Crippen LogP contribution < -0.4 is 0 Å². The number of aliphatic hydroxyl groups is 2. The molecule has 0 heterocycles. The van der Waals surface area contributed by atoms with Gasteiger partial charge < -0.3 is 10.2 Å². The maximum Gasteiger partial charge on any atom is 0.196 e. The van der Waals surface area contributed by atoms with Crippen LogP contribution in [0.5, 0.6) is 0 Å². The zero-order valence-corrected chi connectivity index (χ0v) is 8.90. The highest BCUT2D eigenvalue weighted by Crippen LogP contribution is 2.33. The van der Waals surface area contributed by atoms with E-state index < -0.39 is 11.9 Å². The fraction of sp³-hybridized carbons (Fsp3) is 0.154. The molecule has 0 aliphatic heterocycles. The smallest absolute Gasteiger partial charge is 0.196 e. The van der Waals surface area contributed by atoms with Crippen LogP contribution in [-0.2, 0) is 0 Å². The van der Waals surface area contributed by atoms with Gasteiger partial charge in [-0.3, -0.25) is 4.79 Å². The second-order valence-corrected chi connectivity index (χ2v) is 3.80. The first-order valence-electron chi connectivity index (χ1n) is 4.94. The van der Waals surface area contributed by atoms with Crippen LogP contribution in [0.2, 0.25) is 0 Å². The molecule has 0 radical (unpaired) electrons. The molecule has 82 valence electrons. The van der Waals surface area contributed by atoms with Gasteiger partial charge in [-0.25, -0.2) is 0 Å². The summed E-state index contributed by atoms with van der Waals surface area (Å²) >= 11 is 0. The van der Waals surface area contributed by atoms with Gasteiger partial charge >= 0.3 is 0 Å². The predicted molar refractivity (Wildman–Crippen MR) is 61.1 cm³/mol. The average Bonchev–Trinajstić information content (AvgIpc) is 2.26. The van der Waals surface area contributed by atoms with Crippen LogP contribution in [-0.4, -0.2) is 22.1 Å². The van der Waals surface area contributed by atoms with Crippen molar-refractivity contribution < 1.29 is 15.0 Å². The van der Waals surface area contributed by atoms with Crippen LogP contribution in [0.15, 0.2) is 42.2 Å². The topological polar surface area (TPSA) is 57.5 Å². The maximum atomic E-state index is 11.8. The lowest BCUT2D eigenvalue weighted by atomic mass is 9.83. The zero-order chi connectivity index (χ0) is 11.9. The molecular formula is C13H12O3. The number of benzene rings is 1. The van der Waals surface area contributed by atoms with Gasteiger partial charge in [-0.1, -0.05) is 30.8 Å². The molecule has 0 saturated heterocycles. The van der Waals surface area contributed by atoms with Crippen molar-refractivity contribution in [1.82, 2.24) is 0 Å². The summed E-state index contributed by atoms with van der Waals surface area (Å²) < 4.78 is 0. The minimum atomic E-state index is -1.31. The SMILES string of the molecule is C=C(O)C1=C(C)c2ccccc2C(=O)C1O. The molecule has 2 rings (SSSR count). The van der Waals surface area contributed by atoms with Gasteiger partial charge in [0.1, 0.15) is 11.9 Å². The van der Waals surface area contributed by atoms with E-state index >= 15 is 0 Å². The molecule has 0 fully saturated rings. The number of carbonyl (C=O) groups is 1. The average molecular weight is 216 g/mol. The molecule has 1 aromatic rings. The molecule has 1 atom stereocenters. The molecule has 3 nitrogen and oxygen atoms in total. The van der Waals surface area contributed by atoms with E-state index in [9.17, 15) is 15.0 Å². The van der Waals surface area contributed by atoms with E-state index in [1.54, 1.807) is 25.1 Å². The highest BCUT2D eigenvalue weighted by atomic mass is 16.3. The number of allylic oxidation sites excluding steroid dienone is 1. The normalized spacial score (nSPS) is 19.6. The third-order valence-corrected chi connectivity index (χ3v) is 2.83. The Labute approximate surface area is 93.4 Å². The van der Waals surface area contributed by atoms with Gasteiger partial charge in [0.15, 0.2) is 5.78 Å². The van der Waals surface area contributed by atoms with E-state index in [0.29, 0.717) is 11.1 Å². The van der Waals surface area contributed by atoms with Crippen LogP contribution >= 0.6 is 0 Å². The van der Waals surface area contributed by atoms with E-state index in [-0.39, 0.29) is 11.3 Å². The largest absolute Gasteiger partial charge is 0.508 e. The summed E-state index contributed by atoms with van der Waals surface area (Å²) in [6, 6.07) is 7.01. The first-order chi connectivity index (χ1) is 7.54. The van der Waals surface area contributed by atoms with E-state index in [0.717, 1.165) is 5.56 Å². The van der Waals surface area contributed by atoms with Gasteiger partial charge in [-0.2, -0.15) is 0 Å². The minimum absolute atomic E-state index is 0.212. The van der Waals surface area contributed by atoms with Crippen LogP contribution in [0, 0.1) is 0 Å². The quantitative estimate of drug-likeness (QED) is 0.707. The molecule has 0 spiro atoms. The lowest BCUT2D eigenvalue weighted by molar-refractivity contribution is 0.0796. The molecule has 0 saturated carbocycles. The zero-order valence-electron chi connectivity index (χ0n) is 8.90. The summed E-state index contributed by atoms with van der Waals surface area (Å²) in [7, 11) is 0. The van der Waals surface area contributed by atoms with Crippen LogP contribution in [0.1, 0.15) is 22.8 Å². The van der Waals surface area contributed by atoms with Crippen molar-refractivity contribution in [2.24, 2.45) is 0 Å². The molecule has 1 aliphatic rings. The van der Waals surface area contributed by atoms with Crippen molar-refractivity contribution in [3.8, 4) is 0 Å². The van der Waals surface area contributed by atoms with Crippen molar-refractivity contribution >= 4 is 11.4 Å². The fourth-order valence-corrected chi connectivity index (χ4v) is 2.03. The van der Waals surface area contributed by atoms with Gasteiger partial charge in [0.25, 0.3) is 0 Å². The highest BCUT2D eigenvalue weighted by Gasteiger charge is 2.32. The molecule has 1 aromatic carbocycles. The Morgan fingerprint density at radius 1 is 1.31 bits per heavy atom. The van der Waals surface area contributed by atoms with Crippen molar-refractivity contribution in [3.63, 3.8) is 0 Å². The Bertz CT molecular complexity index is 512. The van der Waals surface area contributed by atoms with Crippen LogP contribution in [0.3, 0.4) is 0 Å². The molecule has 1 unspecified atom stereocenters. The van der Waals surface area contributed by atoms with Gasteiger partial charge in [0.05, 0.1) is 0 Å². The third kappa shape index (κ3) is 1.37. The number of ketones is 1. The highest BCUT2D eigenvalue weighted by molar-refractivity contribution is 6.09. The van der Waals surface area contributed by atoms with Gasteiger partial charge in [-0.15, -0.1) is 0 Å². The Kier molecular flexibility index (Phi) is 2.40. The van der Waals surface area contributed by atoms with Gasteiger partial charge in [0, 0.05) is 11.1 Å². The minimum Gasteiger partial charge on any atom is -0.508 e. The Morgan fingerprint density at radius 2 is 1.88 bits per heavy atom.